The monoisotopic (exact) mass is 366 g/mol. The van der Waals surface area contributed by atoms with E-state index in [0.29, 0.717) is 30.8 Å². The first-order chi connectivity index (χ1) is 13.0. The van der Waals surface area contributed by atoms with Crippen molar-refractivity contribution in [2.24, 2.45) is 5.92 Å². The number of piperazine rings is 1. The van der Waals surface area contributed by atoms with E-state index < -0.39 is 11.9 Å². The summed E-state index contributed by atoms with van der Waals surface area (Å²) >= 11 is 0. The number of Topliss-reactive ketones (excluding diaryl/α,β-unsaturated/α-hetero) is 1. The first-order valence-corrected chi connectivity index (χ1v) is 9.22. The minimum absolute atomic E-state index is 0.0454. The van der Waals surface area contributed by atoms with Gasteiger partial charge in [0.1, 0.15) is 5.70 Å². The predicted molar refractivity (Wildman–Crippen MR) is 98.4 cm³/mol. The molecule has 0 aromatic heterocycles. The summed E-state index contributed by atoms with van der Waals surface area (Å²) in [7, 11) is 1.30. The molecule has 1 aliphatic carbocycles. The summed E-state index contributed by atoms with van der Waals surface area (Å²) in [5.74, 6) is -1.19. The van der Waals surface area contributed by atoms with Gasteiger partial charge in [-0.2, -0.15) is 0 Å². The molecule has 3 aliphatic rings. The number of rotatable bonds is 2. The van der Waals surface area contributed by atoms with Crippen molar-refractivity contribution in [2.45, 2.75) is 25.7 Å². The molecule has 1 aromatic rings. The molecule has 2 heterocycles. The molecule has 1 N–H and O–H groups in total. The fourth-order valence-electron chi connectivity index (χ4n) is 4.40. The van der Waals surface area contributed by atoms with E-state index in [1.807, 2.05) is 42.2 Å². The lowest BCUT2D eigenvalue weighted by Crippen LogP contribution is -2.50. The molecule has 6 heteroatoms. The topological polar surface area (TPSA) is 75.7 Å². The first-order valence-electron chi connectivity index (χ1n) is 9.22. The molecule has 0 radical (unpaired) electrons. The van der Waals surface area contributed by atoms with Crippen LogP contribution in [0.5, 0.6) is 0 Å². The van der Waals surface area contributed by atoms with Gasteiger partial charge < -0.3 is 15.0 Å². The molecule has 0 saturated carbocycles. The lowest BCUT2D eigenvalue weighted by atomic mass is 9.72. The molecular weight excluding hydrogens is 344 g/mol. The number of amides is 1. The van der Waals surface area contributed by atoms with Crippen LogP contribution in [0.3, 0.4) is 0 Å². The Labute approximate surface area is 157 Å². The smallest absolute Gasteiger partial charge is 0.337 e. The Hall–Kier alpha value is -2.89. The van der Waals surface area contributed by atoms with Crippen LogP contribution in [-0.2, 0) is 19.1 Å². The molecule has 1 fully saturated rings. The van der Waals surface area contributed by atoms with E-state index in [9.17, 15) is 14.4 Å². The van der Waals surface area contributed by atoms with Gasteiger partial charge in [-0.05, 0) is 17.9 Å². The lowest BCUT2D eigenvalue weighted by Gasteiger charge is -2.44. The standard InChI is InChI=1S/C21H22N2O4/c1-12-10-14-17(15(24)11-12)16(13-6-4-3-5-7-13)18(21(26)27-2)19-20(25)22-8-9-23(14)19/h3-7,12,16H,8-11H2,1-2H3,(H,22,25)/t12-,16-/m1/s1. The number of fused-ring (bicyclic) bond motifs is 2. The maximum absolute atomic E-state index is 13.1. The van der Waals surface area contributed by atoms with Gasteiger partial charge in [-0.3, -0.25) is 9.59 Å². The highest BCUT2D eigenvalue weighted by atomic mass is 16.5. The number of nitrogens with zero attached hydrogens (tertiary/aromatic N) is 1. The van der Waals surface area contributed by atoms with Crippen LogP contribution in [0.2, 0.25) is 0 Å². The molecule has 0 spiro atoms. The highest BCUT2D eigenvalue weighted by molar-refractivity contribution is 6.09. The van der Waals surface area contributed by atoms with Crippen LogP contribution in [0.15, 0.2) is 52.9 Å². The maximum Gasteiger partial charge on any atom is 0.337 e. The van der Waals surface area contributed by atoms with Gasteiger partial charge in [-0.25, -0.2) is 4.79 Å². The Balaban J connectivity index is 2.01. The highest BCUT2D eigenvalue weighted by Crippen LogP contribution is 2.47. The van der Waals surface area contributed by atoms with Gasteiger partial charge in [0.05, 0.1) is 12.7 Å². The quantitative estimate of drug-likeness (QED) is 0.809. The third-order valence-electron chi connectivity index (χ3n) is 5.49. The van der Waals surface area contributed by atoms with Crippen LogP contribution in [-0.4, -0.2) is 42.8 Å². The molecule has 4 rings (SSSR count). The van der Waals surface area contributed by atoms with Crippen molar-refractivity contribution in [3.05, 3.63) is 58.4 Å². The molecule has 1 saturated heterocycles. The summed E-state index contributed by atoms with van der Waals surface area (Å²) < 4.78 is 5.04. The zero-order valence-corrected chi connectivity index (χ0v) is 15.5. The second kappa shape index (κ2) is 6.68. The predicted octanol–water partition coefficient (Wildman–Crippen LogP) is 1.90. The number of hydrogen-bond acceptors (Lipinski definition) is 5. The number of benzene rings is 1. The van der Waals surface area contributed by atoms with E-state index in [1.54, 1.807) is 0 Å². The lowest BCUT2D eigenvalue weighted by molar-refractivity contribution is -0.137. The van der Waals surface area contributed by atoms with Crippen LogP contribution in [0.1, 0.15) is 31.2 Å². The SMILES string of the molecule is COC(=O)C1=C2C(=O)NCCN2C2=C(C(=O)C[C@H](C)C2)[C@H]1c1ccccc1. The summed E-state index contributed by atoms with van der Waals surface area (Å²) in [6, 6.07) is 9.41. The van der Waals surface area contributed by atoms with E-state index in [0.717, 1.165) is 17.7 Å². The summed E-state index contributed by atoms with van der Waals surface area (Å²) in [6.07, 6.45) is 1.17. The number of ketones is 1. The summed E-state index contributed by atoms with van der Waals surface area (Å²) in [4.78, 5) is 40.5. The average Bonchev–Trinajstić information content (AvgIpc) is 2.67. The Morgan fingerprint density at radius 3 is 2.63 bits per heavy atom. The second-order valence-electron chi connectivity index (χ2n) is 7.30. The zero-order chi connectivity index (χ0) is 19.1. The molecule has 1 amide bonds. The van der Waals surface area contributed by atoms with E-state index in [4.69, 9.17) is 4.74 Å². The van der Waals surface area contributed by atoms with E-state index in [1.165, 1.54) is 7.11 Å². The third kappa shape index (κ3) is 2.76. The number of ether oxygens (including phenoxy) is 1. The molecule has 27 heavy (non-hydrogen) atoms. The number of esters is 1. The van der Waals surface area contributed by atoms with Crippen LogP contribution >= 0.6 is 0 Å². The van der Waals surface area contributed by atoms with Gasteiger partial charge in [-0.15, -0.1) is 0 Å². The minimum Gasteiger partial charge on any atom is -0.466 e. The second-order valence-corrected chi connectivity index (χ2v) is 7.30. The number of methoxy groups -OCH3 is 1. The van der Waals surface area contributed by atoms with Crippen molar-refractivity contribution in [1.82, 2.24) is 10.2 Å². The van der Waals surface area contributed by atoms with Crippen LogP contribution in [0, 0.1) is 5.92 Å². The molecule has 140 valence electrons. The van der Waals surface area contributed by atoms with Crippen molar-refractivity contribution >= 4 is 17.7 Å². The largest absolute Gasteiger partial charge is 0.466 e. The number of allylic oxidation sites excluding steroid dienone is 2. The molecule has 2 aliphatic heterocycles. The van der Waals surface area contributed by atoms with Gasteiger partial charge in [-0.1, -0.05) is 37.3 Å². The van der Waals surface area contributed by atoms with Crippen molar-refractivity contribution in [2.75, 3.05) is 20.2 Å². The Morgan fingerprint density at radius 1 is 1.19 bits per heavy atom. The third-order valence-corrected chi connectivity index (χ3v) is 5.49. The number of nitrogens with one attached hydrogen (secondary N) is 1. The van der Waals surface area contributed by atoms with Gasteiger partial charge >= 0.3 is 5.97 Å². The van der Waals surface area contributed by atoms with Crippen LogP contribution in [0.25, 0.3) is 0 Å². The molecule has 6 nitrogen and oxygen atoms in total. The van der Waals surface area contributed by atoms with Crippen LogP contribution in [0.4, 0.5) is 0 Å². The van der Waals surface area contributed by atoms with Gasteiger partial charge in [0.2, 0.25) is 0 Å². The van der Waals surface area contributed by atoms with Crippen molar-refractivity contribution in [1.29, 1.82) is 0 Å². The summed E-state index contributed by atoms with van der Waals surface area (Å²) in [5.41, 5.74) is 2.91. The van der Waals surface area contributed by atoms with E-state index >= 15 is 0 Å². The van der Waals surface area contributed by atoms with Gasteiger partial charge in [0.15, 0.2) is 5.78 Å². The number of hydrogen-bond donors (Lipinski definition) is 1. The summed E-state index contributed by atoms with van der Waals surface area (Å²) in [6.45, 7) is 3.07. The minimum atomic E-state index is -0.580. The Bertz CT molecular complexity index is 885. The van der Waals surface area contributed by atoms with E-state index in [2.05, 4.69) is 5.32 Å². The average molecular weight is 366 g/mol. The normalized spacial score (nSPS) is 25.0. The molecule has 0 bridgehead atoms. The highest BCUT2D eigenvalue weighted by Gasteiger charge is 2.46. The first kappa shape index (κ1) is 17.5. The van der Waals surface area contributed by atoms with Gasteiger partial charge in [0.25, 0.3) is 5.91 Å². The molecule has 1 aromatic carbocycles. The van der Waals surface area contributed by atoms with Gasteiger partial charge in [0, 0.05) is 36.7 Å². The van der Waals surface area contributed by atoms with E-state index in [-0.39, 0.29) is 23.2 Å². The summed E-state index contributed by atoms with van der Waals surface area (Å²) in [5, 5.41) is 2.83. The fraction of sp³-hybridized carbons (Fsp3) is 0.381. The van der Waals surface area contributed by atoms with Crippen molar-refractivity contribution < 1.29 is 19.1 Å². The Morgan fingerprint density at radius 2 is 1.93 bits per heavy atom. The van der Waals surface area contributed by atoms with Crippen LogP contribution < -0.4 is 5.32 Å². The number of carbonyl (C=O) groups is 3. The molecule has 2 atom stereocenters. The van der Waals surface area contributed by atoms with Crippen molar-refractivity contribution in [3.8, 4) is 0 Å². The maximum atomic E-state index is 13.1. The molecule has 0 unspecified atom stereocenters. The van der Waals surface area contributed by atoms with Crippen molar-refractivity contribution in [3.63, 3.8) is 0 Å². The Kier molecular flexibility index (Phi) is 4.34. The molecular formula is C21H22N2O4. The fourth-order valence-corrected chi connectivity index (χ4v) is 4.40. The number of carbonyl (C=O) groups excluding carboxylic acids is 3. The zero-order valence-electron chi connectivity index (χ0n) is 15.5.